The van der Waals surface area contributed by atoms with Crippen LogP contribution in [-0.4, -0.2) is 49.5 Å². The van der Waals surface area contributed by atoms with E-state index >= 15 is 0 Å². The summed E-state index contributed by atoms with van der Waals surface area (Å²) in [5.74, 6) is 1.60. The van der Waals surface area contributed by atoms with Crippen LogP contribution in [0.15, 0.2) is 29.3 Å². The maximum atomic E-state index is 12.1. The van der Waals surface area contributed by atoms with Crippen LogP contribution in [0.4, 0.5) is 0 Å². The van der Waals surface area contributed by atoms with Crippen LogP contribution in [0.1, 0.15) is 50.7 Å². The number of likely N-dealkylation sites (tertiary alicyclic amines) is 1. The van der Waals surface area contributed by atoms with Gasteiger partial charge in [0.1, 0.15) is 0 Å². The number of carbonyl (C=O) groups excluding carboxylic acids is 1. The molecule has 1 amide bonds. The van der Waals surface area contributed by atoms with E-state index in [0.29, 0.717) is 12.0 Å². The summed E-state index contributed by atoms with van der Waals surface area (Å²) in [7, 11) is 1.81. The molecule has 2 rings (SSSR count). The van der Waals surface area contributed by atoms with Crippen molar-refractivity contribution in [3.05, 3.63) is 35.4 Å². The van der Waals surface area contributed by atoms with Gasteiger partial charge in [-0.2, -0.15) is 0 Å². The van der Waals surface area contributed by atoms with Crippen molar-refractivity contribution in [2.75, 3.05) is 26.7 Å². The van der Waals surface area contributed by atoms with Gasteiger partial charge in [-0.05, 0) is 31.2 Å². The molecule has 1 fully saturated rings. The quantitative estimate of drug-likeness (QED) is 0.628. The minimum absolute atomic E-state index is 0.0806. The smallest absolute Gasteiger partial charge is 0.225 e. The lowest BCUT2D eigenvalue weighted by molar-refractivity contribution is -0.135. The van der Waals surface area contributed by atoms with Gasteiger partial charge in [-0.15, -0.1) is 0 Å². The predicted octanol–water partition coefficient (Wildman–Crippen LogP) is 2.91. The number of piperidine rings is 1. The SMILES string of the molecule is CN=C(NCC(C)c1cccc(C)c1)NC1CCN(C(=O)C(C)C)CC1. The first kappa shape index (κ1) is 20.3. The second-order valence-electron chi connectivity index (χ2n) is 7.67. The minimum atomic E-state index is 0.0806. The van der Waals surface area contributed by atoms with Gasteiger partial charge in [0.25, 0.3) is 0 Å². The standard InChI is InChI=1S/C21H34N4O/c1-15(2)20(26)25-11-9-19(10-12-25)24-21(22-5)23-14-17(4)18-8-6-7-16(3)13-18/h6-8,13,15,17,19H,9-12,14H2,1-5H3,(H2,22,23,24). The van der Waals surface area contributed by atoms with E-state index in [4.69, 9.17) is 0 Å². The Balaban J connectivity index is 1.79. The van der Waals surface area contributed by atoms with E-state index < -0.39 is 0 Å². The van der Waals surface area contributed by atoms with Crippen LogP contribution in [0.5, 0.6) is 0 Å². The Labute approximate surface area is 158 Å². The van der Waals surface area contributed by atoms with Crippen LogP contribution in [0.2, 0.25) is 0 Å². The third-order valence-corrected chi connectivity index (χ3v) is 5.05. The van der Waals surface area contributed by atoms with Crippen molar-refractivity contribution in [1.82, 2.24) is 15.5 Å². The molecule has 0 bridgehead atoms. The van der Waals surface area contributed by atoms with Gasteiger partial charge in [0.05, 0.1) is 0 Å². The normalized spacial score (nSPS) is 17.3. The van der Waals surface area contributed by atoms with Gasteiger partial charge < -0.3 is 15.5 Å². The van der Waals surface area contributed by atoms with Gasteiger partial charge in [0.2, 0.25) is 5.91 Å². The summed E-state index contributed by atoms with van der Waals surface area (Å²) in [4.78, 5) is 18.4. The van der Waals surface area contributed by atoms with Crippen molar-refractivity contribution in [2.24, 2.45) is 10.9 Å². The highest BCUT2D eigenvalue weighted by Gasteiger charge is 2.24. The maximum absolute atomic E-state index is 12.1. The molecule has 1 aromatic carbocycles. The first-order valence-electron chi connectivity index (χ1n) is 9.73. The van der Waals surface area contributed by atoms with Crippen molar-refractivity contribution < 1.29 is 4.79 Å². The van der Waals surface area contributed by atoms with Crippen molar-refractivity contribution >= 4 is 11.9 Å². The summed E-state index contributed by atoms with van der Waals surface area (Å²) in [6.45, 7) is 10.8. The monoisotopic (exact) mass is 358 g/mol. The second kappa shape index (κ2) is 9.60. The number of aryl methyl sites for hydroxylation is 1. The van der Waals surface area contributed by atoms with Crippen LogP contribution in [0, 0.1) is 12.8 Å². The van der Waals surface area contributed by atoms with E-state index in [9.17, 15) is 4.79 Å². The highest BCUT2D eigenvalue weighted by Crippen LogP contribution is 2.16. The number of rotatable bonds is 5. The Bertz CT molecular complexity index is 618. The topological polar surface area (TPSA) is 56.7 Å². The molecule has 1 aliphatic rings. The lowest BCUT2D eigenvalue weighted by Gasteiger charge is -2.34. The number of nitrogens with one attached hydrogen (secondary N) is 2. The molecule has 1 aliphatic heterocycles. The van der Waals surface area contributed by atoms with E-state index in [2.05, 4.69) is 53.7 Å². The number of nitrogens with zero attached hydrogens (tertiary/aromatic N) is 2. The fraction of sp³-hybridized carbons (Fsp3) is 0.619. The van der Waals surface area contributed by atoms with Gasteiger partial charge in [-0.3, -0.25) is 9.79 Å². The molecule has 0 radical (unpaired) electrons. The summed E-state index contributed by atoms with van der Waals surface area (Å²) in [5.41, 5.74) is 2.63. The molecule has 5 nitrogen and oxygen atoms in total. The number of amides is 1. The molecule has 2 N–H and O–H groups in total. The van der Waals surface area contributed by atoms with Gasteiger partial charge in [0, 0.05) is 38.6 Å². The van der Waals surface area contributed by atoms with Crippen LogP contribution in [0.25, 0.3) is 0 Å². The number of hydrogen-bond donors (Lipinski definition) is 2. The lowest BCUT2D eigenvalue weighted by Crippen LogP contribution is -2.50. The van der Waals surface area contributed by atoms with Crippen molar-refractivity contribution in [3.63, 3.8) is 0 Å². The highest BCUT2D eigenvalue weighted by atomic mass is 16.2. The molecule has 0 aromatic heterocycles. The fourth-order valence-corrected chi connectivity index (χ4v) is 3.34. The van der Waals surface area contributed by atoms with Crippen LogP contribution >= 0.6 is 0 Å². The average molecular weight is 359 g/mol. The number of hydrogen-bond acceptors (Lipinski definition) is 2. The van der Waals surface area contributed by atoms with Gasteiger partial charge in [-0.1, -0.05) is 50.6 Å². The summed E-state index contributed by atoms with van der Waals surface area (Å²) < 4.78 is 0. The molecule has 144 valence electrons. The van der Waals surface area contributed by atoms with Gasteiger partial charge >= 0.3 is 0 Å². The van der Waals surface area contributed by atoms with E-state index in [1.165, 1.54) is 11.1 Å². The lowest BCUT2D eigenvalue weighted by atomic mass is 9.99. The van der Waals surface area contributed by atoms with Crippen LogP contribution in [-0.2, 0) is 4.79 Å². The van der Waals surface area contributed by atoms with Crippen molar-refractivity contribution in [2.45, 2.75) is 52.5 Å². The molecular weight excluding hydrogens is 324 g/mol. The Morgan fingerprint density at radius 3 is 2.54 bits per heavy atom. The molecule has 1 saturated heterocycles. The van der Waals surface area contributed by atoms with Gasteiger partial charge in [-0.25, -0.2) is 0 Å². The summed E-state index contributed by atoms with van der Waals surface area (Å²) in [6, 6.07) is 9.02. The molecule has 26 heavy (non-hydrogen) atoms. The second-order valence-corrected chi connectivity index (χ2v) is 7.67. The van der Waals surface area contributed by atoms with Crippen molar-refractivity contribution in [3.8, 4) is 0 Å². The molecule has 1 aromatic rings. The molecule has 0 aliphatic carbocycles. The third-order valence-electron chi connectivity index (χ3n) is 5.05. The van der Waals surface area contributed by atoms with Crippen LogP contribution < -0.4 is 10.6 Å². The first-order chi connectivity index (χ1) is 12.4. The van der Waals surface area contributed by atoms with E-state index in [-0.39, 0.29) is 11.8 Å². The summed E-state index contributed by atoms with van der Waals surface area (Å²) in [6.07, 6.45) is 1.93. The number of aliphatic imine (C=N–C) groups is 1. The Morgan fingerprint density at radius 2 is 1.96 bits per heavy atom. The van der Waals surface area contributed by atoms with E-state index in [1.807, 2.05) is 25.8 Å². The zero-order valence-electron chi connectivity index (χ0n) is 16.9. The Morgan fingerprint density at radius 1 is 1.27 bits per heavy atom. The largest absolute Gasteiger partial charge is 0.356 e. The molecule has 1 atom stereocenters. The summed E-state index contributed by atoms with van der Waals surface area (Å²) in [5, 5.41) is 6.96. The zero-order chi connectivity index (χ0) is 19.1. The molecule has 0 saturated carbocycles. The first-order valence-corrected chi connectivity index (χ1v) is 9.73. The molecular formula is C21H34N4O. The number of carbonyl (C=O) groups is 1. The molecule has 0 spiro atoms. The third kappa shape index (κ3) is 5.75. The Hall–Kier alpha value is -2.04. The predicted molar refractivity (Wildman–Crippen MR) is 109 cm³/mol. The summed E-state index contributed by atoms with van der Waals surface area (Å²) >= 11 is 0. The molecule has 1 unspecified atom stereocenters. The van der Waals surface area contributed by atoms with E-state index in [1.54, 1.807) is 0 Å². The highest BCUT2D eigenvalue weighted by molar-refractivity contribution is 5.80. The fourth-order valence-electron chi connectivity index (χ4n) is 3.34. The molecule has 5 heteroatoms. The Kier molecular flexibility index (Phi) is 7.49. The number of benzene rings is 1. The number of guanidine groups is 1. The average Bonchev–Trinajstić information content (AvgIpc) is 2.64. The zero-order valence-corrected chi connectivity index (χ0v) is 16.9. The van der Waals surface area contributed by atoms with Gasteiger partial charge in [0.15, 0.2) is 5.96 Å². The molecule has 1 heterocycles. The minimum Gasteiger partial charge on any atom is -0.356 e. The maximum Gasteiger partial charge on any atom is 0.225 e. The van der Waals surface area contributed by atoms with Crippen molar-refractivity contribution in [1.29, 1.82) is 0 Å². The van der Waals surface area contributed by atoms with E-state index in [0.717, 1.165) is 38.4 Å². The van der Waals surface area contributed by atoms with Crippen LogP contribution in [0.3, 0.4) is 0 Å².